The summed E-state index contributed by atoms with van der Waals surface area (Å²) in [5.41, 5.74) is 8.91. The summed E-state index contributed by atoms with van der Waals surface area (Å²) in [6.45, 7) is 12.4. The maximum Gasteiger partial charge on any atom is 0.223 e. The zero-order valence-corrected chi connectivity index (χ0v) is 20.0. The predicted octanol–water partition coefficient (Wildman–Crippen LogP) is 3.88. The van der Waals surface area contributed by atoms with Gasteiger partial charge >= 0.3 is 0 Å². The normalized spacial score (nSPS) is 17.7. The number of nitrogens with two attached hydrogens (primary N) is 1. The molecule has 0 saturated heterocycles. The molecule has 3 aromatic heterocycles. The van der Waals surface area contributed by atoms with E-state index in [9.17, 15) is 0 Å². The van der Waals surface area contributed by atoms with E-state index in [4.69, 9.17) is 21.8 Å². The zero-order valence-electron chi connectivity index (χ0n) is 18.1. The molecule has 0 amide bonds. The molecule has 4 heterocycles. The first kappa shape index (κ1) is 21.1. The number of hydrogen-bond donors (Lipinski definition) is 1. The molecular weight excluding hydrogens is 416 g/mol. The Morgan fingerprint density at radius 3 is 2.77 bits per heavy atom. The van der Waals surface area contributed by atoms with E-state index < -0.39 is 9.04 Å². The van der Waals surface area contributed by atoms with Crippen LogP contribution < -0.4 is 10.6 Å². The molecule has 2 N–H and O–H groups in total. The highest BCUT2D eigenvalue weighted by molar-refractivity contribution is 6.48. The second-order valence-corrected chi connectivity index (χ2v) is 12.0. The molecule has 0 saturated carbocycles. The van der Waals surface area contributed by atoms with Crippen LogP contribution in [-0.4, -0.2) is 41.0 Å². The lowest BCUT2D eigenvalue weighted by Crippen LogP contribution is -2.40. The third-order valence-electron chi connectivity index (χ3n) is 5.49. The van der Waals surface area contributed by atoms with Crippen LogP contribution in [-0.2, 0) is 11.0 Å². The van der Waals surface area contributed by atoms with E-state index in [1.54, 1.807) is 0 Å². The van der Waals surface area contributed by atoms with Crippen molar-refractivity contribution in [3.05, 3.63) is 47.1 Å². The average Bonchev–Trinajstić information content (AvgIpc) is 3.24. The smallest absolute Gasteiger partial charge is 0.223 e. The lowest BCUT2D eigenvalue weighted by Gasteiger charge is -2.37. The van der Waals surface area contributed by atoms with E-state index in [2.05, 4.69) is 64.2 Å². The fourth-order valence-electron chi connectivity index (χ4n) is 4.34. The molecule has 2 atom stereocenters. The fourth-order valence-corrected chi connectivity index (χ4v) is 5.83. The molecule has 7 nitrogen and oxygen atoms in total. The Balaban J connectivity index is 1.76. The van der Waals surface area contributed by atoms with Gasteiger partial charge in [0.05, 0.1) is 23.9 Å². The number of fused-ring (bicyclic) bond motifs is 2. The first-order valence-corrected chi connectivity index (χ1v) is 13.4. The molecule has 4 rings (SSSR count). The summed E-state index contributed by atoms with van der Waals surface area (Å²) in [6.07, 6.45) is 5.81. The molecule has 1 aliphatic heterocycles. The van der Waals surface area contributed by atoms with Gasteiger partial charge in [0.25, 0.3) is 0 Å². The summed E-state index contributed by atoms with van der Waals surface area (Å²) in [4.78, 5) is 15.7. The number of halogens is 1. The lowest BCUT2D eigenvalue weighted by molar-refractivity contribution is 0.0648. The summed E-state index contributed by atoms with van der Waals surface area (Å²) in [5.74, 6) is 1.04. The molecule has 2 unspecified atom stereocenters. The Morgan fingerprint density at radius 1 is 1.30 bits per heavy atom. The molecule has 30 heavy (non-hydrogen) atoms. The highest BCUT2D eigenvalue weighted by Crippen LogP contribution is 2.46. The van der Waals surface area contributed by atoms with Crippen molar-refractivity contribution < 1.29 is 4.43 Å². The van der Waals surface area contributed by atoms with Crippen molar-refractivity contribution in [3.63, 3.8) is 0 Å². The van der Waals surface area contributed by atoms with Crippen LogP contribution in [0.3, 0.4) is 0 Å². The fraction of sp³-hybridized carbons (Fsp3) is 0.476. The third-order valence-corrected chi connectivity index (χ3v) is 6.62. The summed E-state index contributed by atoms with van der Waals surface area (Å²) in [7, 11) is -1.28. The number of hydrogen-bond acceptors (Lipinski definition) is 6. The number of aromatic nitrogens is 4. The minimum atomic E-state index is -1.28. The number of nitrogens with zero attached hydrogens (tertiary/aromatic N) is 5. The van der Waals surface area contributed by atoms with Gasteiger partial charge in [0, 0.05) is 36.6 Å². The van der Waals surface area contributed by atoms with Gasteiger partial charge in [0.15, 0.2) is 9.04 Å². The quantitative estimate of drug-likeness (QED) is 0.475. The highest BCUT2D eigenvalue weighted by atomic mass is 35.5. The van der Waals surface area contributed by atoms with Crippen molar-refractivity contribution in [2.75, 3.05) is 17.2 Å². The SMILES string of the molecule is C[SiH](C)OC(C1CN(Cc2nccn3cccc23)c2nc(N)nc(Cl)c21)C(C)(C)C. The van der Waals surface area contributed by atoms with E-state index >= 15 is 0 Å². The van der Waals surface area contributed by atoms with E-state index in [0.717, 1.165) is 29.1 Å². The van der Waals surface area contributed by atoms with E-state index in [0.29, 0.717) is 11.7 Å². The molecule has 9 heteroatoms. The monoisotopic (exact) mass is 444 g/mol. The standard InChI is InChI=1S/C21H29ClN6OSi/c1-21(2,3)17(29-30(4)5)13-11-28(19-16(13)18(22)25-20(23)26-19)12-14-15-7-6-9-27(15)10-8-24-14/h6-10,13,17,30H,11-12H2,1-5H3,(H2,23,25,26). The Kier molecular flexibility index (Phi) is 5.50. The molecule has 160 valence electrons. The van der Waals surface area contributed by atoms with Crippen LogP contribution in [0.4, 0.5) is 11.8 Å². The van der Waals surface area contributed by atoms with Gasteiger partial charge in [-0.1, -0.05) is 32.4 Å². The zero-order chi connectivity index (χ0) is 21.6. The van der Waals surface area contributed by atoms with Crippen LogP contribution in [0.2, 0.25) is 18.2 Å². The second kappa shape index (κ2) is 7.83. The molecule has 0 spiro atoms. The minimum absolute atomic E-state index is 0.00897. The van der Waals surface area contributed by atoms with E-state index in [1.165, 1.54) is 0 Å². The van der Waals surface area contributed by atoms with Crippen molar-refractivity contribution in [2.45, 2.75) is 52.4 Å². The van der Waals surface area contributed by atoms with Gasteiger partial charge in [-0.3, -0.25) is 4.98 Å². The third kappa shape index (κ3) is 3.91. The second-order valence-electron chi connectivity index (χ2n) is 9.24. The number of rotatable bonds is 5. The van der Waals surface area contributed by atoms with Crippen LogP contribution >= 0.6 is 11.6 Å². The van der Waals surface area contributed by atoms with Gasteiger partial charge in [-0.05, 0) is 30.6 Å². The Bertz CT molecular complexity index is 1060. The molecule has 0 radical (unpaired) electrons. The van der Waals surface area contributed by atoms with E-state index in [1.807, 2.05) is 24.7 Å². The highest BCUT2D eigenvalue weighted by Gasteiger charge is 2.43. The summed E-state index contributed by atoms with van der Waals surface area (Å²) < 4.78 is 8.62. The van der Waals surface area contributed by atoms with Crippen LogP contribution in [0.25, 0.3) is 5.52 Å². The van der Waals surface area contributed by atoms with Crippen molar-refractivity contribution in [1.29, 1.82) is 0 Å². The maximum absolute atomic E-state index is 6.62. The van der Waals surface area contributed by atoms with Gasteiger partial charge < -0.3 is 19.5 Å². The first-order chi connectivity index (χ1) is 14.1. The number of nitrogen functional groups attached to an aromatic ring is 1. The van der Waals surface area contributed by atoms with Crippen LogP contribution in [0, 0.1) is 5.41 Å². The van der Waals surface area contributed by atoms with Crippen molar-refractivity contribution >= 4 is 37.9 Å². The maximum atomic E-state index is 6.62. The van der Waals surface area contributed by atoms with Gasteiger partial charge in [-0.25, -0.2) is 4.98 Å². The molecule has 0 fully saturated rings. The first-order valence-electron chi connectivity index (χ1n) is 10.3. The van der Waals surface area contributed by atoms with Crippen LogP contribution in [0.15, 0.2) is 30.7 Å². The average molecular weight is 445 g/mol. The van der Waals surface area contributed by atoms with Gasteiger partial charge in [-0.15, -0.1) is 0 Å². The Labute approximate surface area is 184 Å². The van der Waals surface area contributed by atoms with Crippen molar-refractivity contribution in [2.24, 2.45) is 5.41 Å². The van der Waals surface area contributed by atoms with Gasteiger partial charge in [-0.2, -0.15) is 4.98 Å². The molecule has 0 aromatic carbocycles. The molecule has 0 bridgehead atoms. The van der Waals surface area contributed by atoms with Crippen molar-refractivity contribution in [1.82, 2.24) is 19.4 Å². The molecule has 3 aromatic rings. The summed E-state index contributed by atoms with van der Waals surface area (Å²) >= 11 is 6.62. The molecule has 1 aliphatic rings. The minimum Gasteiger partial charge on any atom is -0.416 e. The number of anilines is 2. The topological polar surface area (TPSA) is 81.6 Å². The lowest BCUT2D eigenvalue weighted by atomic mass is 9.79. The molecule has 0 aliphatic carbocycles. The predicted molar refractivity (Wildman–Crippen MR) is 124 cm³/mol. The van der Waals surface area contributed by atoms with Crippen molar-refractivity contribution in [3.8, 4) is 0 Å². The van der Waals surface area contributed by atoms with Crippen LogP contribution in [0.1, 0.15) is 37.9 Å². The summed E-state index contributed by atoms with van der Waals surface area (Å²) in [6, 6.07) is 4.10. The van der Waals surface area contributed by atoms with Gasteiger partial charge in [0.1, 0.15) is 11.0 Å². The Hall–Kier alpha value is -2.16. The van der Waals surface area contributed by atoms with E-state index in [-0.39, 0.29) is 23.4 Å². The van der Waals surface area contributed by atoms with Crippen LogP contribution in [0.5, 0.6) is 0 Å². The molecular formula is C21H29ClN6OSi. The largest absolute Gasteiger partial charge is 0.416 e. The Morgan fingerprint density at radius 2 is 2.07 bits per heavy atom. The summed E-state index contributed by atoms with van der Waals surface area (Å²) in [5, 5.41) is 0.419. The van der Waals surface area contributed by atoms with Gasteiger partial charge in [0.2, 0.25) is 5.95 Å².